The number of hydrogen-bond donors (Lipinski definition) is 2. The Labute approximate surface area is 243 Å². The van der Waals surface area contributed by atoms with Crippen molar-refractivity contribution in [3.63, 3.8) is 0 Å². The molecule has 0 atom stereocenters. The molecule has 40 heavy (non-hydrogen) atoms. The van der Waals surface area contributed by atoms with E-state index in [1.807, 2.05) is 0 Å². The van der Waals surface area contributed by atoms with Crippen LogP contribution in [-0.2, 0) is 26.6 Å². The summed E-state index contributed by atoms with van der Waals surface area (Å²) in [5, 5.41) is 3.59. The maximum absolute atomic E-state index is 12.8. The van der Waals surface area contributed by atoms with Gasteiger partial charge >= 0.3 is 0 Å². The first-order valence-corrected chi connectivity index (χ1v) is 15.9. The van der Waals surface area contributed by atoms with Gasteiger partial charge in [-0.3, -0.25) is 13.8 Å². The first kappa shape index (κ1) is 29.4. The number of rotatable bonds is 9. The molecule has 0 unspecified atom stereocenters. The van der Waals surface area contributed by atoms with E-state index < -0.39 is 26.0 Å². The second-order valence-corrected chi connectivity index (χ2v) is 13.3. The Morgan fingerprint density at radius 3 is 2.05 bits per heavy atom. The molecule has 0 bridgehead atoms. The van der Waals surface area contributed by atoms with Crippen LogP contribution in [0.2, 0.25) is 10.0 Å². The van der Waals surface area contributed by atoms with Gasteiger partial charge in [0.05, 0.1) is 29.1 Å². The zero-order valence-corrected chi connectivity index (χ0v) is 24.6. The van der Waals surface area contributed by atoms with E-state index in [0.717, 1.165) is 6.26 Å². The molecule has 208 valence electrons. The van der Waals surface area contributed by atoms with Crippen LogP contribution >= 0.6 is 23.2 Å². The highest BCUT2D eigenvalue weighted by Gasteiger charge is 2.20. The van der Waals surface area contributed by atoms with Crippen molar-refractivity contribution in [2.24, 2.45) is 0 Å². The van der Waals surface area contributed by atoms with Crippen molar-refractivity contribution in [1.29, 1.82) is 0 Å². The number of anilines is 3. The average molecular weight is 619 g/mol. The molecule has 4 aromatic rings. The molecule has 0 spiro atoms. The van der Waals surface area contributed by atoms with Gasteiger partial charge in [0.1, 0.15) is 0 Å². The van der Waals surface area contributed by atoms with E-state index in [-0.39, 0.29) is 17.0 Å². The van der Waals surface area contributed by atoms with Crippen LogP contribution in [0.4, 0.5) is 17.1 Å². The van der Waals surface area contributed by atoms with Crippen LogP contribution in [0, 0.1) is 6.92 Å². The van der Waals surface area contributed by atoms with Crippen LogP contribution in [-0.4, -0.2) is 29.0 Å². The summed E-state index contributed by atoms with van der Waals surface area (Å²) in [5.74, 6) is -0.452. The third-order valence-electron chi connectivity index (χ3n) is 6.02. The van der Waals surface area contributed by atoms with Gasteiger partial charge in [-0.25, -0.2) is 16.8 Å². The highest BCUT2D eigenvalue weighted by Crippen LogP contribution is 2.27. The first-order valence-electron chi connectivity index (χ1n) is 11.9. The highest BCUT2D eigenvalue weighted by molar-refractivity contribution is 7.92. The van der Waals surface area contributed by atoms with Crippen molar-refractivity contribution >= 4 is 66.2 Å². The number of carbonyl (C=O) groups excluding carboxylic acids is 1. The van der Waals surface area contributed by atoms with Crippen LogP contribution in [0.3, 0.4) is 0 Å². The molecule has 0 radical (unpaired) electrons. The Bertz CT molecular complexity index is 1760. The van der Waals surface area contributed by atoms with Gasteiger partial charge in [0, 0.05) is 21.3 Å². The number of carbonyl (C=O) groups is 1. The van der Waals surface area contributed by atoms with E-state index in [1.165, 1.54) is 52.8 Å². The Balaban J connectivity index is 1.46. The minimum Gasteiger partial charge on any atom is -0.322 e. The zero-order chi connectivity index (χ0) is 29.1. The van der Waals surface area contributed by atoms with Crippen molar-refractivity contribution in [2.75, 3.05) is 20.6 Å². The summed E-state index contributed by atoms with van der Waals surface area (Å²) in [6.45, 7) is 1.74. The van der Waals surface area contributed by atoms with Crippen LogP contribution in [0.25, 0.3) is 0 Å². The minimum atomic E-state index is -3.88. The lowest BCUT2D eigenvalue weighted by Gasteiger charge is -2.23. The second kappa shape index (κ2) is 11.9. The Morgan fingerprint density at radius 1 is 0.800 bits per heavy atom. The fourth-order valence-corrected chi connectivity index (χ4v) is 6.17. The van der Waals surface area contributed by atoms with Crippen LogP contribution in [0.5, 0.6) is 0 Å². The largest absolute Gasteiger partial charge is 0.322 e. The normalized spacial score (nSPS) is 11.6. The van der Waals surface area contributed by atoms with E-state index in [9.17, 15) is 21.6 Å². The molecule has 4 aromatic carbocycles. The van der Waals surface area contributed by atoms with Gasteiger partial charge in [0.25, 0.3) is 15.9 Å². The lowest BCUT2D eigenvalue weighted by atomic mass is 10.1. The van der Waals surface area contributed by atoms with Crippen LogP contribution < -0.4 is 14.3 Å². The van der Waals surface area contributed by atoms with Gasteiger partial charge in [0.2, 0.25) is 10.0 Å². The average Bonchev–Trinajstić information content (AvgIpc) is 2.90. The lowest BCUT2D eigenvalue weighted by molar-refractivity contribution is 0.102. The molecule has 0 aliphatic rings. The van der Waals surface area contributed by atoms with Crippen molar-refractivity contribution in [1.82, 2.24) is 0 Å². The van der Waals surface area contributed by atoms with Gasteiger partial charge in [-0.1, -0.05) is 47.5 Å². The topological polar surface area (TPSA) is 113 Å². The third kappa shape index (κ3) is 6.95. The highest BCUT2D eigenvalue weighted by atomic mass is 35.5. The van der Waals surface area contributed by atoms with Crippen LogP contribution in [0.15, 0.2) is 95.9 Å². The molecule has 0 aliphatic carbocycles. The lowest BCUT2D eigenvalue weighted by Crippen LogP contribution is -2.29. The van der Waals surface area contributed by atoms with Gasteiger partial charge in [-0.15, -0.1) is 0 Å². The van der Waals surface area contributed by atoms with E-state index in [4.69, 9.17) is 23.2 Å². The molecule has 0 aliphatic heterocycles. The number of nitrogens with zero attached hydrogens (tertiary/aromatic N) is 1. The summed E-state index contributed by atoms with van der Waals surface area (Å²) < 4.78 is 54.3. The van der Waals surface area contributed by atoms with Crippen LogP contribution in [0.1, 0.15) is 21.5 Å². The summed E-state index contributed by atoms with van der Waals surface area (Å²) in [4.78, 5) is 12.8. The van der Waals surface area contributed by atoms with Gasteiger partial charge < -0.3 is 5.32 Å². The van der Waals surface area contributed by atoms with Gasteiger partial charge in [-0.05, 0) is 84.8 Å². The predicted molar refractivity (Wildman–Crippen MR) is 160 cm³/mol. The maximum Gasteiger partial charge on any atom is 0.261 e. The summed E-state index contributed by atoms with van der Waals surface area (Å²) in [6.07, 6.45) is 1.10. The van der Waals surface area contributed by atoms with Crippen molar-refractivity contribution in [3.05, 3.63) is 118 Å². The molecule has 4 rings (SSSR count). The molecule has 0 saturated heterocycles. The molecule has 0 heterocycles. The van der Waals surface area contributed by atoms with Crippen molar-refractivity contribution < 1.29 is 21.6 Å². The minimum absolute atomic E-state index is 0.00798. The van der Waals surface area contributed by atoms with E-state index in [2.05, 4.69) is 10.0 Å². The van der Waals surface area contributed by atoms with Crippen molar-refractivity contribution in [3.8, 4) is 0 Å². The molecule has 12 heteroatoms. The molecule has 0 fully saturated rings. The van der Waals surface area contributed by atoms with Gasteiger partial charge in [-0.2, -0.15) is 0 Å². The Morgan fingerprint density at radius 2 is 1.43 bits per heavy atom. The molecule has 0 saturated carbocycles. The van der Waals surface area contributed by atoms with E-state index in [1.54, 1.807) is 49.4 Å². The van der Waals surface area contributed by atoms with E-state index in [0.29, 0.717) is 38.2 Å². The molecule has 8 nitrogen and oxygen atoms in total. The zero-order valence-electron chi connectivity index (χ0n) is 21.4. The molecule has 0 aromatic heterocycles. The molecular weight excluding hydrogens is 593 g/mol. The number of sulfonamides is 2. The molecule has 1 amide bonds. The SMILES string of the molecule is Cc1c(Cl)cccc1NS(=O)(=O)c1ccc(NC(=O)c2ccc(N(Cc3ccccc3Cl)S(C)(=O)=O)cc2)cc1. The monoisotopic (exact) mass is 617 g/mol. The smallest absolute Gasteiger partial charge is 0.261 e. The fraction of sp³-hybridized carbons (Fsp3) is 0.107. The predicted octanol–water partition coefficient (Wildman–Crippen LogP) is 6.32. The molecular formula is C28H25Cl2N3O5S2. The quantitative estimate of drug-likeness (QED) is 0.228. The number of hydrogen-bond acceptors (Lipinski definition) is 5. The Kier molecular flexibility index (Phi) is 8.74. The Hall–Kier alpha value is -3.57. The number of amides is 1. The summed E-state index contributed by atoms with van der Waals surface area (Å²) in [5.41, 5.74) is 2.64. The third-order valence-corrected chi connectivity index (χ3v) is 9.32. The molecule has 2 N–H and O–H groups in total. The van der Waals surface area contributed by atoms with Crippen molar-refractivity contribution in [2.45, 2.75) is 18.4 Å². The summed E-state index contributed by atoms with van der Waals surface area (Å²) >= 11 is 12.3. The van der Waals surface area contributed by atoms with E-state index >= 15 is 0 Å². The number of benzene rings is 4. The maximum atomic E-state index is 12.8. The number of halogens is 2. The standard InChI is InChI=1S/C28H25Cl2N3O5S2/c1-19-25(29)8-5-9-27(19)32-40(37,38)24-16-12-22(13-17-24)31-28(34)20-10-14-23(15-11-20)33(39(2,35)36)18-21-6-3-4-7-26(21)30/h3-17,32H,18H2,1-2H3,(H,31,34). The summed E-state index contributed by atoms with van der Waals surface area (Å²) in [6, 6.07) is 23.7. The fourth-order valence-electron chi connectivity index (χ4n) is 3.80. The van der Waals surface area contributed by atoms with Gasteiger partial charge in [0.15, 0.2) is 0 Å². The first-order chi connectivity index (χ1) is 18.8. The number of nitrogens with one attached hydrogen (secondary N) is 2. The second-order valence-electron chi connectivity index (χ2n) is 8.90. The summed E-state index contributed by atoms with van der Waals surface area (Å²) in [7, 11) is -7.53.